The largest absolute Gasteiger partial charge is 0.474 e. The van der Waals surface area contributed by atoms with Crippen molar-refractivity contribution in [1.29, 1.82) is 0 Å². The Kier molecular flexibility index (Phi) is 2.45. The third-order valence-electron chi connectivity index (χ3n) is 3.45. The number of hydrogen-bond donors (Lipinski definition) is 0. The Bertz CT molecular complexity index is 452. The summed E-state index contributed by atoms with van der Waals surface area (Å²) in [5, 5.41) is 11.3. The van der Waals surface area contributed by atoms with Crippen LogP contribution in [0.4, 0.5) is 0 Å². The summed E-state index contributed by atoms with van der Waals surface area (Å²) < 4.78 is 5.47. The fraction of sp³-hybridized carbons (Fsp3) is 0.385. The van der Waals surface area contributed by atoms with Crippen molar-refractivity contribution in [1.82, 2.24) is 0 Å². The van der Waals surface area contributed by atoms with Gasteiger partial charge in [-0.1, -0.05) is 32.0 Å². The number of benzene rings is 1. The van der Waals surface area contributed by atoms with Gasteiger partial charge in [0.05, 0.1) is 5.92 Å². The van der Waals surface area contributed by atoms with E-state index in [-0.39, 0.29) is 0 Å². The number of rotatable bonds is 4. The van der Waals surface area contributed by atoms with Crippen LogP contribution in [0.5, 0.6) is 5.75 Å². The smallest absolute Gasteiger partial charge is 0.400 e. The highest BCUT2D eigenvalue weighted by molar-refractivity contribution is 5.91. The molecule has 2 unspecified atom stereocenters. The first-order valence-electron chi connectivity index (χ1n) is 5.30. The lowest BCUT2D eigenvalue weighted by Gasteiger charge is -2.16. The van der Waals surface area contributed by atoms with E-state index in [4.69, 9.17) is 4.74 Å². The van der Waals surface area contributed by atoms with Crippen LogP contribution < -0.4 is 4.74 Å². The van der Waals surface area contributed by atoms with E-state index in [2.05, 4.69) is 0 Å². The van der Waals surface area contributed by atoms with Crippen LogP contribution in [0.15, 0.2) is 30.3 Å². The third kappa shape index (κ3) is 1.44. The van der Waals surface area contributed by atoms with Gasteiger partial charge in [-0.15, -0.1) is 0 Å². The molecule has 0 spiro atoms. The highest BCUT2D eigenvalue weighted by atomic mass is 16.5. The molecule has 1 fully saturated rings. The lowest BCUT2D eigenvalue weighted by molar-refractivity contribution is -0.156. The second-order valence-electron chi connectivity index (χ2n) is 4.71. The van der Waals surface area contributed by atoms with Crippen LogP contribution in [0, 0.1) is 11.3 Å². The molecule has 0 bridgehead atoms. The molecular formula is C13H12O4. The van der Waals surface area contributed by atoms with Crippen molar-refractivity contribution in [2.45, 2.75) is 19.4 Å². The molecule has 1 aromatic carbocycles. The van der Waals surface area contributed by atoms with Crippen molar-refractivity contribution in [3.8, 4) is 5.75 Å². The van der Waals surface area contributed by atoms with Crippen molar-refractivity contribution in [2.24, 2.45) is 11.3 Å². The summed E-state index contributed by atoms with van der Waals surface area (Å²) >= 11 is 0. The number of para-hydroxylation sites is 1. The van der Waals surface area contributed by atoms with Crippen LogP contribution in [0.25, 0.3) is 0 Å². The molecule has 4 heteroatoms. The van der Waals surface area contributed by atoms with E-state index < -0.39 is 22.9 Å². The molecule has 1 saturated carbocycles. The predicted octanol–water partition coefficient (Wildman–Crippen LogP) is 1.53. The first-order valence-corrected chi connectivity index (χ1v) is 5.30. The lowest BCUT2D eigenvalue weighted by atomic mass is 10.1. The van der Waals surface area contributed by atoms with Gasteiger partial charge in [0.25, 0.3) is 0 Å². The fourth-order valence-electron chi connectivity index (χ4n) is 2.24. The number of ether oxygens (including phenoxy) is 1. The summed E-state index contributed by atoms with van der Waals surface area (Å²) in [6, 6.07) is 8.53. The molecule has 2 radical (unpaired) electrons. The first-order chi connectivity index (χ1) is 7.96. The summed E-state index contributed by atoms with van der Waals surface area (Å²) in [6.45, 7) is 3.31. The van der Waals surface area contributed by atoms with Gasteiger partial charge in [0.1, 0.15) is 5.75 Å². The van der Waals surface area contributed by atoms with Crippen molar-refractivity contribution in [2.75, 3.05) is 0 Å². The number of carbonyl (C=O) groups is 1. The molecule has 2 atom stereocenters. The van der Waals surface area contributed by atoms with E-state index in [1.165, 1.54) is 0 Å². The normalized spacial score (nSPS) is 29.4. The highest BCUT2D eigenvalue weighted by Crippen LogP contribution is 2.62. The maximum absolute atomic E-state index is 11.3. The molecule has 1 aliphatic rings. The molecule has 4 nitrogen and oxygen atoms in total. The van der Waals surface area contributed by atoms with Gasteiger partial charge in [-0.2, -0.15) is 0 Å². The molecule has 88 valence electrons. The van der Waals surface area contributed by atoms with Crippen molar-refractivity contribution in [3.05, 3.63) is 30.3 Å². The zero-order valence-corrected chi connectivity index (χ0v) is 9.60. The molecule has 17 heavy (non-hydrogen) atoms. The molecule has 0 saturated heterocycles. The first kappa shape index (κ1) is 11.6. The predicted molar refractivity (Wildman–Crippen MR) is 58.5 cm³/mol. The zero-order valence-electron chi connectivity index (χ0n) is 9.60. The van der Waals surface area contributed by atoms with Crippen LogP contribution in [0.1, 0.15) is 13.8 Å². The SMILES string of the molecule is CC1(C)C([C]=O)C1(Oc1ccccc1)C([O])=O. The topological polar surface area (TPSA) is 63.3 Å². The van der Waals surface area contributed by atoms with Crippen molar-refractivity contribution in [3.63, 3.8) is 0 Å². The fourth-order valence-corrected chi connectivity index (χ4v) is 2.24. The molecule has 1 aromatic rings. The van der Waals surface area contributed by atoms with Gasteiger partial charge in [0, 0.05) is 5.41 Å². The van der Waals surface area contributed by atoms with Crippen LogP contribution in [-0.4, -0.2) is 17.9 Å². The Hall–Kier alpha value is -1.84. The minimum absolute atomic E-state index is 0.405. The zero-order chi connectivity index (χ0) is 12.7. The summed E-state index contributed by atoms with van der Waals surface area (Å²) in [5.74, 6) is -1.78. The van der Waals surface area contributed by atoms with E-state index in [9.17, 15) is 14.7 Å². The van der Waals surface area contributed by atoms with E-state index in [0.717, 1.165) is 0 Å². The third-order valence-corrected chi connectivity index (χ3v) is 3.45. The molecular weight excluding hydrogens is 220 g/mol. The summed E-state index contributed by atoms with van der Waals surface area (Å²) in [6.07, 6.45) is 1.73. The van der Waals surface area contributed by atoms with Gasteiger partial charge in [-0.3, -0.25) is 4.79 Å². The quantitative estimate of drug-likeness (QED) is 0.790. The van der Waals surface area contributed by atoms with Gasteiger partial charge in [-0.05, 0) is 12.1 Å². The van der Waals surface area contributed by atoms with E-state index in [0.29, 0.717) is 5.75 Å². The Morgan fingerprint density at radius 1 is 1.29 bits per heavy atom. The average molecular weight is 232 g/mol. The summed E-state index contributed by atoms with van der Waals surface area (Å²) in [5.41, 5.74) is -2.40. The lowest BCUT2D eigenvalue weighted by Crippen LogP contribution is -2.35. The van der Waals surface area contributed by atoms with E-state index in [1.807, 2.05) is 0 Å². The van der Waals surface area contributed by atoms with Gasteiger partial charge in [-0.25, -0.2) is 9.90 Å². The molecule has 2 rings (SSSR count). The van der Waals surface area contributed by atoms with Gasteiger partial charge < -0.3 is 4.74 Å². The molecule has 0 N–H and O–H groups in total. The summed E-state index contributed by atoms with van der Waals surface area (Å²) in [4.78, 5) is 22.1. The van der Waals surface area contributed by atoms with Gasteiger partial charge in [0.2, 0.25) is 11.9 Å². The second kappa shape index (κ2) is 3.58. The minimum Gasteiger partial charge on any atom is -0.474 e. The molecule has 0 heterocycles. The van der Waals surface area contributed by atoms with Crippen LogP contribution in [0.2, 0.25) is 0 Å². The second-order valence-corrected chi connectivity index (χ2v) is 4.71. The molecule has 0 amide bonds. The van der Waals surface area contributed by atoms with Crippen LogP contribution in [0.3, 0.4) is 0 Å². The van der Waals surface area contributed by atoms with Gasteiger partial charge >= 0.3 is 5.97 Å². The van der Waals surface area contributed by atoms with Crippen molar-refractivity contribution >= 4 is 12.3 Å². The Morgan fingerprint density at radius 2 is 1.88 bits per heavy atom. The maximum atomic E-state index is 11.3. The standard InChI is InChI=1S/C13H12O4/c1-12(2)10(8-14)13(12,11(15)16)17-9-6-4-3-5-7-9/h3-7,10H,1-2H3. The van der Waals surface area contributed by atoms with Crippen LogP contribution >= 0.6 is 0 Å². The molecule has 0 aromatic heterocycles. The summed E-state index contributed by atoms with van der Waals surface area (Å²) in [7, 11) is 0. The van der Waals surface area contributed by atoms with Crippen molar-refractivity contribution < 1.29 is 19.4 Å². The Balaban J connectivity index is 2.34. The molecule has 1 aliphatic carbocycles. The molecule has 0 aliphatic heterocycles. The maximum Gasteiger partial charge on any atom is 0.400 e. The number of hydrogen-bond acceptors (Lipinski definition) is 3. The number of carbonyl (C=O) groups excluding carboxylic acids is 2. The average Bonchev–Trinajstić information content (AvgIpc) is 2.76. The Morgan fingerprint density at radius 3 is 2.29 bits per heavy atom. The monoisotopic (exact) mass is 232 g/mol. The van der Waals surface area contributed by atoms with Crippen LogP contribution in [-0.2, 0) is 14.7 Å². The Labute approximate surface area is 99.2 Å². The van der Waals surface area contributed by atoms with Gasteiger partial charge in [0.15, 0.2) is 0 Å². The highest BCUT2D eigenvalue weighted by Gasteiger charge is 2.80. The minimum atomic E-state index is -1.60. The van der Waals surface area contributed by atoms with E-state index in [1.54, 1.807) is 50.5 Å². The van der Waals surface area contributed by atoms with E-state index >= 15 is 0 Å².